The predicted octanol–water partition coefficient (Wildman–Crippen LogP) is 3.60. The molecule has 6 heteroatoms. The van der Waals surface area contributed by atoms with Gasteiger partial charge in [0, 0.05) is 0 Å². The van der Waals surface area contributed by atoms with Gasteiger partial charge >= 0.3 is 6.18 Å². The lowest BCUT2D eigenvalue weighted by Gasteiger charge is -2.16. The molecule has 1 atom stereocenters. The number of rotatable bonds is 2. The van der Waals surface area contributed by atoms with Crippen LogP contribution in [-0.4, -0.2) is 4.98 Å². The standard InChI is InChI=1S/C14H12F4N2/c1-8-6-9(14(16,17)18)2-4-11(8)13(19)12-5-3-10(15)7-20-12/h2-7,13H,19H2,1H3. The number of nitrogens with two attached hydrogens (primary N) is 1. The van der Waals surface area contributed by atoms with Crippen LogP contribution in [0, 0.1) is 12.7 Å². The highest BCUT2D eigenvalue weighted by Crippen LogP contribution is 2.32. The Bertz CT molecular complexity index is 606. The maximum atomic E-state index is 12.8. The number of hydrogen-bond donors (Lipinski definition) is 1. The van der Waals surface area contributed by atoms with Gasteiger partial charge in [-0.1, -0.05) is 6.07 Å². The van der Waals surface area contributed by atoms with E-state index in [1.807, 2.05) is 0 Å². The SMILES string of the molecule is Cc1cc(C(F)(F)F)ccc1C(N)c1ccc(F)cn1. The monoisotopic (exact) mass is 284 g/mol. The Hall–Kier alpha value is -1.95. The van der Waals surface area contributed by atoms with Crippen molar-refractivity contribution in [3.8, 4) is 0 Å². The zero-order valence-electron chi connectivity index (χ0n) is 10.6. The minimum atomic E-state index is -4.39. The van der Waals surface area contributed by atoms with Crippen LogP contribution in [-0.2, 0) is 6.18 Å². The first kappa shape index (κ1) is 14.5. The van der Waals surface area contributed by atoms with Crippen LogP contribution in [0.2, 0.25) is 0 Å². The van der Waals surface area contributed by atoms with Crippen LogP contribution < -0.4 is 5.73 Å². The second-order valence-electron chi connectivity index (χ2n) is 4.45. The molecule has 0 aliphatic rings. The Morgan fingerprint density at radius 2 is 1.85 bits per heavy atom. The second kappa shape index (κ2) is 5.20. The fraction of sp³-hybridized carbons (Fsp3) is 0.214. The molecular formula is C14H12F4N2. The number of pyridine rings is 1. The molecule has 2 rings (SSSR count). The molecule has 0 amide bonds. The van der Waals surface area contributed by atoms with Crippen LogP contribution >= 0.6 is 0 Å². The zero-order valence-corrected chi connectivity index (χ0v) is 10.6. The number of benzene rings is 1. The fourth-order valence-corrected chi connectivity index (χ4v) is 1.93. The van der Waals surface area contributed by atoms with Gasteiger partial charge in [0.25, 0.3) is 0 Å². The van der Waals surface area contributed by atoms with E-state index in [0.717, 1.165) is 18.3 Å². The third kappa shape index (κ3) is 2.96. The summed E-state index contributed by atoms with van der Waals surface area (Å²) >= 11 is 0. The summed E-state index contributed by atoms with van der Waals surface area (Å²) in [5.74, 6) is -0.495. The van der Waals surface area contributed by atoms with Gasteiger partial charge in [-0.15, -0.1) is 0 Å². The minimum absolute atomic E-state index is 0.397. The molecule has 0 saturated carbocycles. The molecule has 1 heterocycles. The Kier molecular flexibility index (Phi) is 3.76. The summed E-state index contributed by atoms with van der Waals surface area (Å²) in [4.78, 5) is 3.84. The highest BCUT2D eigenvalue weighted by Gasteiger charge is 2.31. The van der Waals surface area contributed by atoms with Gasteiger partial charge < -0.3 is 5.73 Å². The number of aryl methyl sites for hydroxylation is 1. The topological polar surface area (TPSA) is 38.9 Å². The van der Waals surface area contributed by atoms with Crippen molar-refractivity contribution in [3.63, 3.8) is 0 Å². The van der Waals surface area contributed by atoms with Crippen molar-refractivity contribution >= 4 is 0 Å². The molecule has 0 bridgehead atoms. The molecule has 20 heavy (non-hydrogen) atoms. The lowest BCUT2D eigenvalue weighted by Crippen LogP contribution is -2.16. The van der Waals surface area contributed by atoms with Crippen LogP contribution in [0.25, 0.3) is 0 Å². The predicted molar refractivity (Wildman–Crippen MR) is 66.4 cm³/mol. The molecule has 1 aromatic carbocycles. The molecule has 0 aliphatic heterocycles. The number of nitrogens with zero attached hydrogens (tertiary/aromatic N) is 1. The largest absolute Gasteiger partial charge is 0.416 e. The average molecular weight is 284 g/mol. The Morgan fingerprint density at radius 3 is 2.35 bits per heavy atom. The van der Waals surface area contributed by atoms with Gasteiger partial charge in [-0.3, -0.25) is 4.98 Å². The summed E-state index contributed by atoms with van der Waals surface area (Å²) in [5.41, 5.74) is 6.57. The molecule has 0 spiro atoms. The van der Waals surface area contributed by atoms with Gasteiger partial charge in [0.15, 0.2) is 0 Å². The van der Waals surface area contributed by atoms with E-state index in [2.05, 4.69) is 4.98 Å². The molecule has 1 aromatic heterocycles. The van der Waals surface area contributed by atoms with Crippen molar-refractivity contribution in [1.29, 1.82) is 0 Å². The molecule has 0 fully saturated rings. The Labute approximate surface area is 113 Å². The lowest BCUT2D eigenvalue weighted by atomic mass is 9.97. The van der Waals surface area contributed by atoms with Crippen LogP contribution in [0.1, 0.15) is 28.4 Å². The molecule has 0 saturated heterocycles. The van der Waals surface area contributed by atoms with E-state index in [1.54, 1.807) is 6.92 Å². The first-order chi connectivity index (χ1) is 9.29. The third-order valence-electron chi connectivity index (χ3n) is 3.00. The Balaban J connectivity index is 2.36. The van der Waals surface area contributed by atoms with Gasteiger partial charge in [0.2, 0.25) is 0 Å². The summed E-state index contributed by atoms with van der Waals surface area (Å²) in [6.07, 6.45) is -3.36. The average Bonchev–Trinajstić information content (AvgIpc) is 2.37. The van der Waals surface area contributed by atoms with E-state index in [0.29, 0.717) is 16.8 Å². The minimum Gasteiger partial charge on any atom is -0.319 e. The van der Waals surface area contributed by atoms with E-state index in [-0.39, 0.29) is 0 Å². The highest BCUT2D eigenvalue weighted by molar-refractivity contribution is 5.37. The van der Waals surface area contributed by atoms with E-state index in [1.165, 1.54) is 18.2 Å². The first-order valence-corrected chi connectivity index (χ1v) is 5.84. The molecule has 2 aromatic rings. The fourth-order valence-electron chi connectivity index (χ4n) is 1.93. The summed E-state index contributed by atoms with van der Waals surface area (Å²) in [6.45, 7) is 1.55. The number of alkyl halides is 3. The van der Waals surface area contributed by atoms with Crippen LogP contribution in [0.4, 0.5) is 17.6 Å². The first-order valence-electron chi connectivity index (χ1n) is 5.84. The molecule has 0 aliphatic carbocycles. The highest BCUT2D eigenvalue weighted by atomic mass is 19.4. The van der Waals surface area contributed by atoms with Crippen molar-refractivity contribution in [2.75, 3.05) is 0 Å². The van der Waals surface area contributed by atoms with Gasteiger partial charge in [0.1, 0.15) is 5.82 Å². The molecule has 2 N–H and O–H groups in total. The van der Waals surface area contributed by atoms with Crippen molar-refractivity contribution in [1.82, 2.24) is 4.98 Å². The van der Waals surface area contributed by atoms with Crippen molar-refractivity contribution in [2.45, 2.75) is 19.1 Å². The summed E-state index contributed by atoms with van der Waals surface area (Å²) < 4.78 is 50.5. The van der Waals surface area contributed by atoms with Gasteiger partial charge in [-0.2, -0.15) is 13.2 Å². The van der Waals surface area contributed by atoms with E-state index < -0.39 is 23.6 Å². The van der Waals surface area contributed by atoms with Gasteiger partial charge in [-0.25, -0.2) is 4.39 Å². The lowest BCUT2D eigenvalue weighted by molar-refractivity contribution is -0.137. The van der Waals surface area contributed by atoms with E-state index in [9.17, 15) is 17.6 Å². The molecule has 1 unspecified atom stereocenters. The van der Waals surface area contributed by atoms with Crippen molar-refractivity contribution in [2.24, 2.45) is 5.73 Å². The second-order valence-corrected chi connectivity index (χ2v) is 4.45. The zero-order chi connectivity index (χ0) is 14.9. The van der Waals surface area contributed by atoms with E-state index in [4.69, 9.17) is 5.73 Å². The molecule has 2 nitrogen and oxygen atoms in total. The third-order valence-corrected chi connectivity index (χ3v) is 3.00. The van der Waals surface area contributed by atoms with Crippen molar-refractivity contribution in [3.05, 3.63) is 64.7 Å². The van der Waals surface area contributed by atoms with Crippen LogP contribution in [0.3, 0.4) is 0 Å². The Morgan fingerprint density at radius 1 is 1.15 bits per heavy atom. The summed E-state index contributed by atoms with van der Waals surface area (Å²) in [6, 6.07) is 5.27. The molecule has 106 valence electrons. The van der Waals surface area contributed by atoms with Gasteiger partial charge in [-0.05, 0) is 42.3 Å². The number of halogens is 4. The number of aromatic nitrogens is 1. The maximum absolute atomic E-state index is 12.8. The summed E-state index contributed by atoms with van der Waals surface area (Å²) in [7, 11) is 0. The maximum Gasteiger partial charge on any atom is 0.416 e. The van der Waals surface area contributed by atoms with Gasteiger partial charge in [0.05, 0.1) is 23.5 Å². The molecular weight excluding hydrogens is 272 g/mol. The molecule has 0 radical (unpaired) electrons. The van der Waals surface area contributed by atoms with Crippen LogP contribution in [0.5, 0.6) is 0 Å². The van der Waals surface area contributed by atoms with E-state index >= 15 is 0 Å². The summed E-state index contributed by atoms with van der Waals surface area (Å²) in [5, 5.41) is 0. The quantitative estimate of drug-likeness (QED) is 0.856. The smallest absolute Gasteiger partial charge is 0.319 e. The normalized spacial score (nSPS) is 13.3. The number of hydrogen-bond acceptors (Lipinski definition) is 2. The van der Waals surface area contributed by atoms with Crippen molar-refractivity contribution < 1.29 is 17.6 Å². The van der Waals surface area contributed by atoms with Crippen LogP contribution in [0.15, 0.2) is 36.5 Å².